The van der Waals surface area contributed by atoms with Gasteiger partial charge in [0, 0.05) is 50.1 Å². The fourth-order valence-corrected chi connectivity index (χ4v) is 9.87. The van der Waals surface area contributed by atoms with Gasteiger partial charge in [0.2, 0.25) is 0 Å². The Morgan fingerprint density at radius 3 is 2.17 bits per heavy atom. The summed E-state index contributed by atoms with van der Waals surface area (Å²) in [5, 5.41) is 3.95. The third-order valence-corrected chi connectivity index (χ3v) is 12.4. The van der Waals surface area contributed by atoms with Crippen molar-refractivity contribution in [1.82, 2.24) is 9.13 Å². The van der Waals surface area contributed by atoms with Crippen molar-refractivity contribution in [1.29, 1.82) is 0 Å². The molecular weight excluding hydrogens is 641 g/mol. The van der Waals surface area contributed by atoms with E-state index in [4.69, 9.17) is 0 Å². The minimum absolute atomic E-state index is 0.0352. The Kier molecular flexibility index (Phi) is 6.58. The second-order valence-electron chi connectivity index (χ2n) is 15.6. The Balaban J connectivity index is 1.04. The Bertz CT molecular complexity index is 2890. The molecule has 6 aromatic carbocycles. The molecule has 0 radical (unpaired) electrons. The zero-order valence-electron chi connectivity index (χ0n) is 30.2. The van der Waals surface area contributed by atoms with E-state index in [-0.39, 0.29) is 5.41 Å². The van der Waals surface area contributed by atoms with E-state index in [1.807, 2.05) is 0 Å². The van der Waals surface area contributed by atoms with Gasteiger partial charge < -0.3 is 9.13 Å². The van der Waals surface area contributed by atoms with Crippen molar-refractivity contribution in [3.8, 4) is 16.8 Å². The molecular formula is C51H40N2. The minimum atomic E-state index is -0.0352. The van der Waals surface area contributed by atoms with E-state index in [1.54, 1.807) is 0 Å². The van der Waals surface area contributed by atoms with Gasteiger partial charge in [-0.1, -0.05) is 129 Å². The molecule has 1 unspecified atom stereocenters. The van der Waals surface area contributed by atoms with E-state index in [9.17, 15) is 0 Å². The molecule has 0 fully saturated rings. The SMILES string of the molecule is CC1(C)c2ccccc2-c2ccc(-n3c4c(c5ccccc53)C=C(c3ccc5c(c3)c3ccccc3n5C3=CC=CCC3c3ccccc3)CC4)cc21. The van der Waals surface area contributed by atoms with Gasteiger partial charge in [-0.05, 0) is 107 Å². The first-order valence-electron chi connectivity index (χ1n) is 19.1. The number of nitrogens with zero attached hydrogens (tertiary/aromatic N) is 2. The Morgan fingerprint density at radius 1 is 0.585 bits per heavy atom. The second-order valence-corrected chi connectivity index (χ2v) is 15.6. The molecule has 254 valence electrons. The fraction of sp³-hybridized carbons (Fsp3) is 0.137. The van der Waals surface area contributed by atoms with Crippen LogP contribution >= 0.6 is 0 Å². The molecule has 0 aliphatic heterocycles. The molecule has 0 saturated carbocycles. The van der Waals surface area contributed by atoms with Crippen LogP contribution in [0.1, 0.15) is 66.1 Å². The molecule has 0 saturated heterocycles. The lowest BCUT2D eigenvalue weighted by Gasteiger charge is -2.25. The molecule has 2 heterocycles. The normalized spacial score (nSPS) is 17.1. The topological polar surface area (TPSA) is 9.86 Å². The van der Waals surface area contributed by atoms with Crippen LogP contribution < -0.4 is 0 Å². The highest BCUT2D eigenvalue weighted by Crippen LogP contribution is 2.50. The molecule has 2 nitrogen and oxygen atoms in total. The van der Waals surface area contributed by atoms with E-state index >= 15 is 0 Å². The van der Waals surface area contributed by atoms with Gasteiger partial charge >= 0.3 is 0 Å². The predicted octanol–water partition coefficient (Wildman–Crippen LogP) is 13.1. The van der Waals surface area contributed by atoms with Gasteiger partial charge in [-0.2, -0.15) is 0 Å². The van der Waals surface area contributed by atoms with Crippen molar-refractivity contribution in [2.45, 2.75) is 44.4 Å². The molecule has 53 heavy (non-hydrogen) atoms. The number of hydrogen-bond acceptors (Lipinski definition) is 0. The Labute approximate surface area is 310 Å². The van der Waals surface area contributed by atoms with E-state index in [2.05, 4.69) is 187 Å². The van der Waals surface area contributed by atoms with Gasteiger partial charge in [0.15, 0.2) is 0 Å². The fourth-order valence-electron chi connectivity index (χ4n) is 9.87. The molecule has 2 heteroatoms. The monoisotopic (exact) mass is 680 g/mol. The second kappa shape index (κ2) is 11.4. The van der Waals surface area contributed by atoms with Crippen LogP contribution in [0.4, 0.5) is 0 Å². The number of fused-ring (bicyclic) bond motifs is 9. The van der Waals surface area contributed by atoms with Gasteiger partial charge in [0.25, 0.3) is 0 Å². The van der Waals surface area contributed by atoms with E-state index in [1.165, 1.54) is 94.3 Å². The number of rotatable bonds is 4. The summed E-state index contributed by atoms with van der Waals surface area (Å²) in [7, 11) is 0. The summed E-state index contributed by atoms with van der Waals surface area (Å²) in [5.74, 6) is 0.309. The van der Waals surface area contributed by atoms with E-state index in [0.717, 1.165) is 19.3 Å². The zero-order valence-corrected chi connectivity index (χ0v) is 30.2. The summed E-state index contributed by atoms with van der Waals surface area (Å²) in [6.45, 7) is 4.75. The Morgan fingerprint density at radius 2 is 1.30 bits per heavy atom. The number of aromatic nitrogens is 2. The van der Waals surface area contributed by atoms with E-state index in [0.29, 0.717) is 5.92 Å². The summed E-state index contributed by atoms with van der Waals surface area (Å²) in [4.78, 5) is 0. The Hall–Kier alpha value is -6.12. The van der Waals surface area contributed by atoms with Crippen molar-refractivity contribution in [2.75, 3.05) is 0 Å². The molecule has 2 aromatic heterocycles. The maximum atomic E-state index is 2.55. The van der Waals surface area contributed by atoms with Gasteiger partial charge in [0.05, 0.1) is 16.6 Å². The minimum Gasteiger partial charge on any atom is -0.313 e. The van der Waals surface area contributed by atoms with Gasteiger partial charge in [-0.25, -0.2) is 0 Å². The third kappa shape index (κ3) is 4.45. The number of para-hydroxylation sites is 2. The van der Waals surface area contributed by atoms with Crippen LogP contribution in [0.5, 0.6) is 0 Å². The predicted molar refractivity (Wildman–Crippen MR) is 224 cm³/mol. The van der Waals surface area contributed by atoms with Crippen LogP contribution in [0.25, 0.3) is 66.9 Å². The molecule has 0 bridgehead atoms. The molecule has 0 N–H and O–H groups in total. The first kappa shape index (κ1) is 30.5. The lowest BCUT2D eigenvalue weighted by molar-refractivity contribution is 0.659. The van der Waals surface area contributed by atoms with Crippen LogP contribution in [-0.2, 0) is 11.8 Å². The first-order valence-corrected chi connectivity index (χ1v) is 19.1. The number of benzene rings is 6. The van der Waals surface area contributed by atoms with Gasteiger partial charge in [0.1, 0.15) is 0 Å². The molecule has 8 aromatic rings. The van der Waals surface area contributed by atoms with Crippen molar-refractivity contribution < 1.29 is 0 Å². The molecule has 1 atom stereocenters. The van der Waals surface area contributed by atoms with Crippen LogP contribution in [0.15, 0.2) is 158 Å². The van der Waals surface area contributed by atoms with Gasteiger partial charge in [-0.3, -0.25) is 0 Å². The van der Waals surface area contributed by atoms with Crippen LogP contribution in [0.3, 0.4) is 0 Å². The van der Waals surface area contributed by atoms with Crippen molar-refractivity contribution in [3.63, 3.8) is 0 Å². The van der Waals surface area contributed by atoms with Crippen molar-refractivity contribution in [3.05, 3.63) is 191 Å². The number of hydrogen-bond donors (Lipinski definition) is 0. The highest BCUT2D eigenvalue weighted by Gasteiger charge is 2.36. The summed E-state index contributed by atoms with van der Waals surface area (Å²) >= 11 is 0. The lowest BCUT2D eigenvalue weighted by Crippen LogP contribution is -2.15. The molecule has 0 amide bonds. The smallest absolute Gasteiger partial charge is 0.0538 e. The van der Waals surface area contributed by atoms with Gasteiger partial charge in [-0.15, -0.1) is 0 Å². The maximum absolute atomic E-state index is 2.55. The highest BCUT2D eigenvalue weighted by molar-refractivity contribution is 6.11. The molecule has 11 rings (SSSR count). The average Bonchev–Trinajstić information content (AvgIpc) is 3.80. The van der Waals surface area contributed by atoms with E-state index < -0.39 is 0 Å². The average molecular weight is 681 g/mol. The van der Waals surface area contributed by atoms with Crippen molar-refractivity contribution in [2.24, 2.45) is 0 Å². The largest absolute Gasteiger partial charge is 0.313 e. The van der Waals surface area contributed by atoms with Crippen LogP contribution in [0.2, 0.25) is 0 Å². The van der Waals surface area contributed by atoms with Crippen LogP contribution in [0, 0.1) is 0 Å². The maximum Gasteiger partial charge on any atom is 0.0538 e. The summed E-state index contributed by atoms with van der Waals surface area (Å²) in [6, 6.07) is 52.2. The standard InChI is InChI=1S/C51H40N2/c1-51(2)44-20-10-6-17-38(44)39-27-26-36(32-45(39)51)52-47-22-12-8-18-40(47)42-30-34(24-28-49(42)52)35-25-29-50-43(31-35)41-19-9-13-23-48(41)53(50)46-21-11-7-16-37(46)33-14-4-3-5-15-33/h3-15,17-23,25-27,29-32,37H,16,24,28H2,1-2H3. The third-order valence-electron chi connectivity index (χ3n) is 12.4. The zero-order chi connectivity index (χ0) is 35.3. The highest BCUT2D eigenvalue weighted by atomic mass is 15.0. The molecule has 0 spiro atoms. The molecule has 3 aliphatic carbocycles. The number of allylic oxidation sites excluding steroid dienone is 5. The summed E-state index contributed by atoms with van der Waals surface area (Å²) in [5.41, 5.74) is 18.8. The van der Waals surface area contributed by atoms with Crippen molar-refractivity contribution >= 4 is 50.1 Å². The quantitative estimate of drug-likeness (QED) is 0.175. The first-order chi connectivity index (χ1) is 26.1. The molecule has 3 aliphatic rings. The summed E-state index contributed by atoms with van der Waals surface area (Å²) in [6.07, 6.45) is 12.3. The lowest BCUT2D eigenvalue weighted by atomic mass is 9.82. The van der Waals surface area contributed by atoms with Crippen LogP contribution in [-0.4, -0.2) is 9.13 Å². The summed E-state index contributed by atoms with van der Waals surface area (Å²) < 4.78 is 5.07.